The van der Waals surface area contributed by atoms with Gasteiger partial charge in [-0.05, 0) is 35.9 Å². The van der Waals surface area contributed by atoms with Crippen molar-refractivity contribution < 1.29 is 14.3 Å². The Morgan fingerprint density at radius 2 is 1.64 bits per heavy atom. The summed E-state index contributed by atoms with van der Waals surface area (Å²) < 4.78 is 14.0. The van der Waals surface area contributed by atoms with Gasteiger partial charge in [-0.15, -0.1) is 0 Å². The van der Waals surface area contributed by atoms with Crippen molar-refractivity contribution >= 4 is 39.2 Å². The molecule has 0 unspecified atom stereocenters. The van der Waals surface area contributed by atoms with Crippen LogP contribution in [0.2, 0.25) is 0 Å². The summed E-state index contributed by atoms with van der Waals surface area (Å²) in [6, 6.07) is 21.9. The number of rotatable bonds is 8. The maximum atomic E-state index is 13.0. The van der Waals surface area contributed by atoms with Gasteiger partial charge in [-0.25, -0.2) is 0 Å². The highest BCUT2D eigenvalue weighted by molar-refractivity contribution is 7.98. The van der Waals surface area contributed by atoms with Crippen LogP contribution in [0.25, 0.3) is 10.2 Å². The van der Waals surface area contributed by atoms with E-state index in [9.17, 15) is 4.79 Å². The van der Waals surface area contributed by atoms with Crippen LogP contribution in [-0.2, 0) is 13.0 Å². The van der Waals surface area contributed by atoms with E-state index in [-0.39, 0.29) is 5.91 Å². The number of carbonyl (C=O) groups is 1. The molecule has 0 fully saturated rings. The van der Waals surface area contributed by atoms with Crippen molar-refractivity contribution in [2.45, 2.75) is 13.0 Å². The number of amides is 1. The molecule has 4 aromatic rings. The summed E-state index contributed by atoms with van der Waals surface area (Å²) in [7, 11) is 3.24. The van der Waals surface area contributed by atoms with Gasteiger partial charge < -0.3 is 14.0 Å². The highest BCUT2D eigenvalue weighted by Gasteiger charge is 2.14. The maximum absolute atomic E-state index is 13.0. The normalized spacial score (nSPS) is 11.7. The van der Waals surface area contributed by atoms with Gasteiger partial charge in [0.15, 0.2) is 16.3 Å². The van der Waals surface area contributed by atoms with E-state index in [4.69, 9.17) is 9.47 Å². The van der Waals surface area contributed by atoms with Crippen molar-refractivity contribution in [2.24, 2.45) is 4.99 Å². The van der Waals surface area contributed by atoms with E-state index in [0.29, 0.717) is 21.9 Å². The van der Waals surface area contributed by atoms with E-state index < -0.39 is 0 Å². The first kappa shape index (κ1) is 23.1. The Morgan fingerprint density at radius 3 is 2.30 bits per heavy atom. The molecule has 0 saturated heterocycles. The molecule has 1 amide bonds. The Morgan fingerprint density at radius 1 is 0.970 bits per heavy atom. The van der Waals surface area contributed by atoms with Crippen molar-refractivity contribution in [1.29, 1.82) is 0 Å². The molecule has 0 atom stereocenters. The fourth-order valence-electron chi connectivity index (χ4n) is 3.63. The smallest absolute Gasteiger partial charge is 0.279 e. The zero-order valence-corrected chi connectivity index (χ0v) is 20.5. The Bertz CT molecular complexity index is 1310. The van der Waals surface area contributed by atoms with Crippen molar-refractivity contribution in [3.63, 3.8) is 0 Å². The van der Waals surface area contributed by atoms with Crippen LogP contribution < -0.4 is 14.3 Å². The number of ether oxygens (including phenoxy) is 2. The zero-order valence-electron chi connectivity index (χ0n) is 18.9. The molecule has 5 nitrogen and oxygen atoms in total. The molecule has 1 heterocycles. The molecule has 0 radical (unpaired) electrons. The molecule has 1 aromatic heterocycles. The van der Waals surface area contributed by atoms with Crippen LogP contribution in [0.15, 0.2) is 71.7 Å². The first-order valence-corrected chi connectivity index (χ1v) is 12.8. The van der Waals surface area contributed by atoms with Gasteiger partial charge in [-0.1, -0.05) is 53.8 Å². The Labute approximate surface area is 201 Å². The molecule has 0 saturated carbocycles. The third-order valence-electron chi connectivity index (χ3n) is 5.36. The van der Waals surface area contributed by atoms with Crippen LogP contribution in [0.3, 0.4) is 0 Å². The predicted octanol–water partition coefficient (Wildman–Crippen LogP) is 5.41. The number of aryl methyl sites for hydroxylation is 1. The van der Waals surface area contributed by atoms with E-state index in [1.807, 2.05) is 54.6 Å². The lowest BCUT2D eigenvalue weighted by Crippen LogP contribution is -2.18. The quantitative estimate of drug-likeness (QED) is 0.340. The van der Waals surface area contributed by atoms with Crippen LogP contribution in [-0.4, -0.2) is 36.7 Å². The Hall–Kier alpha value is -3.03. The highest BCUT2D eigenvalue weighted by atomic mass is 32.2. The van der Waals surface area contributed by atoms with Gasteiger partial charge in [0.2, 0.25) is 0 Å². The van der Waals surface area contributed by atoms with Crippen LogP contribution in [0.1, 0.15) is 21.5 Å². The average Bonchev–Trinajstić information content (AvgIpc) is 3.18. The largest absolute Gasteiger partial charge is 0.493 e. The molecule has 0 aliphatic heterocycles. The van der Waals surface area contributed by atoms with Crippen molar-refractivity contribution in [1.82, 2.24) is 4.57 Å². The van der Waals surface area contributed by atoms with Gasteiger partial charge in [0.1, 0.15) is 0 Å². The molecule has 4 rings (SSSR count). The zero-order chi connectivity index (χ0) is 23.2. The molecule has 3 aromatic carbocycles. The third kappa shape index (κ3) is 5.31. The summed E-state index contributed by atoms with van der Waals surface area (Å²) in [4.78, 5) is 18.2. The van der Waals surface area contributed by atoms with Crippen molar-refractivity contribution in [3.8, 4) is 11.5 Å². The summed E-state index contributed by atoms with van der Waals surface area (Å²) >= 11 is 3.24. The van der Waals surface area contributed by atoms with Gasteiger partial charge in [0.05, 0.1) is 24.4 Å². The van der Waals surface area contributed by atoms with Crippen LogP contribution in [0, 0.1) is 0 Å². The maximum Gasteiger partial charge on any atom is 0.279 e. The van der Waals surface area contributed by atoms with Crippen LogP contribution in [0.4, 0.5) is 0 Å². The number of aromatic nitrogens is 1. The number of carbonyl (C=O) groups excluding carboxylic acids is 1. The second-order valence-corrected chi connectivity index (χ2v) is 9.47. The first-order chi connectivity index (χ1) is 16.1. The number of thioether (sulfide) groups is 1. The number of methoxy groups -OCH3 is 2. The first-order valence-electron chi connectivity index (χ1n) is 10.6. The van der Waals surface area contributed by atoms with E-state index in [2.05, 4.69) is 27.9 Å². The lowest BCUT2D eigenvalue weighted by molar-refractivity contribution is 0.0998. The van der Waals surface area contributed by atoms with Gasteiger partial charge >= 0.3 is 0 Å². The number of nitrogens with zero attached hydrogens (tertiary/aromatic N) is 2. The molecule has 170 valence electrons. The summed E-state index contributed by atoms with van der Waals surface area (Å²) in [5, 5.41) is 0. The minimum Gasteiger partial charge on any atom is -0.493 e. The number of hydrogen-bond donors (Lipinski definition) is 0. The van der Waals surface area contributed by atoms with E-state index in [1.54, 1.807) is 26.0 Å². The monoisotopic (exact) mass is 478 g/mol. The third-order valence-corrected chi connectivity index (χ3v) is 6.99. The average molecular weight is 479 g/mol. The Balaban J connectivity index is 1.67. The molecule has 0 spiro atoms. The number of fused-ring (bicyclic) bond motifs is 1. The molecule has 0 aliphatic carbocycles. The van der Waals surface area contributed by atoms with Crippen LogP contribution >= 0.6 is 23.1 Å². The summed E-state index contributed by atoms with van der Waals surface area (Å²) in [5.74, 6) is 1.99. The van der Waals surface area contributed by atoms with Gasteiger partial charge in [0.25, 0.3) is 5.91 Å². The summed E-state index contributed by atoms with van der Waals surface area (Å²) in [6.07, 6.45) is 2.90. The predicted molar refractivity (Wildman–Crippen MR) is 137 cm³/mol. The Kier molecular flexibility index (Phi) is 7.52. The minimum absolute atomic E-state index is 0.246. The van der Waals surface area contributed by atoms with E-state index in [0.717, 1.165) is 34.5 Å². The molecule has 7 heteroatoms. The van der Waals surface area contributed by atoms with Crippen LogP contribution in [0.5, 0.6) is 11.5 Å². The standard InChI is InChI=1S/C26H26N2O3S2/c1-30-22-16-21-24(17-23(22)31-2)33-26(28(21)13-14-32-3)27-25(29)20-11-9-19(10-12-20)15-18-7-5-4-6-8-18/h4-12,16-17H,13-15H2,1-3H3. The van der Waals surface area contributed by atoms with E-state index in [1.165, 1.54) is 16.9 Å². The topological polar surface area (TPSA) is 52.8 Å². The highest BCUT2D eigenvalue weighted by Crippen LogP contribution is 2.33. The lowest BCUT2D eigenvalue weighted by atomic mass is 10.0. The fraction of sp³-hybridized carbons (Fsp3) is 0.231. The SMILES string of the molecule is COc1cc2sc(=NC(=O)c3ccc(Cc4ccccc4)cc3)n(CCSC)c2cc1OC. The van der Waals surface area contributed by atoms with E-state index >= 15 is 0 Å². The summed E-state index contributed by atoms with van der Waals surface area (Å²) in [6.45, 7) is 0.749. The molecule has 0 aliphatic rings. The molecular weight excluding hydrogens is 452 g/mol. The minimum atomic E-state index is -0.246. The van der Waals surface area contributed by atoms with Gasteiger partial charge in [0, 0.05) is 30.0 Å². The lowest BCUT2D eigenvalue weighted by Gasteiger charge is -2.09. The van der Waals surface area contributed by atoms with Crippen molar-refractivity contribution in [2.75, 3.05) is 26.2 Å². The molecular formula is C26H26N2O3S2. The fourth-order valence-corrected chi connectivity index (χ4v) is 5.06. The number of thiazole rings is 1. The van der Waals surface area contributed by atoms with Gasteiger partial charge in [-0.2, -0.15) is 16.8 Å². The molecule has 0 bridgehead atoms. The number of hydrogen-bond acceptors (Lipinski definition) is 5. The molecule has 0 N–H and O–H groups in total. The summed E-state index contributed by atoms with van der Waals surface area (Å²) in [5.41, 5.74) is 3.97. The second-order valence-electron chi connectivity index (χ2n) is 7.48. The second kappa shape index (κ2) is 10.7. The van der Waals surface area contributed by atoms with Gasteiger partial charge in [-0.3, -0.25) is 4.79 Å². The van der Waals surface area contributed by atoms with Crippen molar-refractivity contribution in [3.05, 3.63) is 88.2 Å². The number of benzene rings is 3. The molecule has 33 heavy (non-hydrogen) atoms.